The van der Waals surface area contributed by atoms with E-state index in [0.717, 1.165) is 25.9 Å². The fraction of sp³-hybridized carbons (Fsp3) is 1.00. The molecule has 21 heavy (non-hydrogen) atoms. The number of hydrogen-bond donors (Lipinski definition) is 1. The third kappa shape index (κ3) is 4.35. The average Bonchev–Trinajstić information content (AvgIpc) is 2.78. The summed E-state index contributed by atoms with van der Waals surface area (Å²) in [6.45, 7) is 8.98. The largest absolute Gasteiger partial charge is 0.389 e. The van der Waals surface area contributed by atoms with Crippen LogP contribution in [0, 0.1) is 5.41 Å². The van der Waals surface area contributed by atoms with Crippen LogP contribution < -0.4 is 5.32 Å². The van der Waals surface area contributed by atoms with Gasteiger partial charge >= 0.3 is 6.18 Å². The fourth-order valence-electron chi connectivity index (χ4n) is 3.81. The smallest absolute Gasteiger partial charge is 0.310 e. The molecule has 1 aliphatic carbocycles. The van der Waals surface area contributed by atoms with Crippen molar-refractivity contribution in [2.24, 2.45) is 5.41 Å². The Labute approximate surface area is 126 Å². The first-order valence-corrected chi connectivity index (χ1v) is 8.18. The molecule has 1 aliphatic heterocycles. The SMILES string of the molecule is CC(C)(C)C1CN(CCCC(F)(F)F)C2(CCCC2)CN1. The monoisotopic (exact) mass is 306 g/mol. The second-order valence-corrected chi connectivity index (χ2v) is 7.90. The van der Waals surface area contributed by atoms with Crippen molar-refractivity contribution in [1.29, 1.82) is 0 Å². The Morgan fingerprint density at radius 3 is 2.29 bits per heavy atom. The van der Waals surface area contributed by atoms with Crippen LogP contribution in [0.3, 0.4) is 0 Å². The second-order valence-electron chi connectivity index (χ2n) is 7.90. The molecule has 1 spiro atoms. The van der Waals surface area contributed by atoms with Gasteiger partial charge < -0.3 is 5.32 Å². The van der Waals surface area contributed by atoms with E-state index in [2.05, 4.69) is 31.0 Å². The summed E-state index contributed by atoms with van der Waals surface area (Å²) >= 11 is 0. The average molecular weight is 306 g/mol. The van der Waals surface area contributed by atoms with Crippen molar-refractivity contribution in [3.63, 3.8) is 0 Å². The van der Waals surface area contributed by atoms with Gasteiger partial charge in [0.15, 0.2) is 0 Å². The quantitative estimate of drug-likeness (QED) is 0.849. The van der Waals surface area contributed by atoms with Gasteiger partial charge in [-0.2, -0.15) is 13.2 Å². The molecule has 2 rings (SSSR count). The van der Waals surface area contributed by atoms with Crippen LogP contribution in [0.2, 0.25) is 0 Å². The molecule has 0 aromatic heterocycles. The summed E-state index contributed by atoms with van der Waals surface area (Å²) in [6.07, 6.45) is 0.205. The molecule has 2 nitrogen and oxygen atoms in total. The number of piperazine rings is 1. The predicted molar refractivity (Wildman–Crippen MR) is 79.3 cm³/mol. The Bertz CT molecular complexity index is 340. The van der Waals surface area contributed by atoms with E-state index in [-0.39, 0.29) is 17.4 Å². The van der Waals surface area contributed by atoms with Crippen LogP contribution in [0.5, 0.6) is 0 Å². The van der Waals surface area contributed by atoms with E-state index in [9.17, 15) is 13.2 Å². The van der Waals surface area contributed by atoms with Crippen molar-refractivity contribution in [2.45, 2.75) is 77.1 Å². The van der Waals surface area contributed by atoms with Gasteiger partial charge in [0.2, 0.25) is 0 Å². The van der Waals surface area contributed by atoms with Crippen LogP contribution in [0.15, 0.2) is 0 Å². The lowest BCUT2D eigenvalue weighted by atomic mass is 9.81. The summed E-state index contributed by atoms with van der Waals surface area (Å²) in [5.41, 5.74) is 0.260. The minimum absolute atomic E-state index is 0.118. The molecular weight excluding hydrogens is 277 g/mol. The molecule has 124 valence electrons. The van der Waals surface area contributed by atoms with E-state index in [4.69, 9.17) is 0 Å². The first-order chi connectivity index (χ1) is 9.62. The van der Waals surface area contributed by atoms with Crippen molar-refractivity contribution < 1.29 is 13.2 Å². The molecule has 1 atom stereocenters. The lowest BCUT2D eigenvalue weighted by molar-refractivity contribution is -0.137. The van der Waals surface area contributed by atoms with Crippen LogP contribution in [-0.4, -0.2) is 42.3 Å². The van der Waals surface area contributed by atoms with Crippen molar-refractivity contribution in [3.8, 4) is 0 Å². The summed E-state index contributed by atoms with van der Waals surface area (Å²) in [6, 6.07) is 0.356. The van der Waals surface area contributed by atoms with Gasteiger partial charge in [-0.25, -0.2) is 0 Å². The highest BCUT2D eigenvalue weighted by Gasteiger charge is 2.45. The molecule has 1 saturated heterocycles. The zero-order chi connectivity index (χ0) is 15.7. The number of nitrogens with one attached hydrogen (secondary N) is 1. The number of alkyl halides is 3. The van der Waals surface area contributed by atoms with Crippen LogP contribution in [0.4, 0.5) is 13.2 Å². The van der Waals surface area contributed by atoms with Gasteiger partial charge in [-0.05, 0) is 31.2 Å². The first kappa shape index (κ1) is 17.1. The predicted octanol–water partition coefficient (Wildman–Crippen LogP) is 3.96. The maximum atomic E-state index is 12.4. The van der Waals surface area contributed by atoms with E-state index in [1.165, 1.54) is 12.8 Å². The topological polar surface area (TPSA) is 15.3 Å². The third-order valence-electron chi connectivity index (χ3n) is 5.22. The Morgan fingerprint density at radius 1 is 1.14 bits per heavy atom. The summed E-state index contributed by atoms with van der Waals surface area (Å²) in [5.74, 6) is 0. The van der Waals surface area contributed by atoms with Gasteiger partial charge in [-0.1, -0.05) is 33.6 Å². The van der Waals surface area contributed by atoms with Crippen molar-refractivity contribution >= 4 is 0 Å². The molecule has 0 aromatic rings. The van der Waals surface area contributed by atoms with Gasteiger partial charge in [-0.3, -0.25) is 4.90 Å². The molecule has 0 radical (unpaired) electrons. The van der Waals surface area contributed by atoms with E-state index in [0.29, 0.717) is 12.6 Å². The molecular formula is C16H29F3N2. The Morgan fingerprint density at radius 2 is 1.76 bits per heavy atom. The summed E-state index contributed by atoms with van der Waals surface area (Å²) in [5, 5.41) is 3.66. The van der Waals surface area contributed by atoms with Gasteiger partial charge in [-0.15, -0.1) is 0 Å². The number of hydrogen-bond acceptors (Lipinski definition) is 2. The molecule has 2 aliphatic rings. The minimum atomic E-state index is -4.03. The maximum Gasteiger partial charge on any atom is 0.389 e. The Balaban J connectivity index is 2.00. The van der Waals surface area contributed by atoms with E-state index in [1.807, 2.05) is 0 Å². The summed E-state index contributed by atoms with van der Waals surface area (Å²) in [4.78, 5) is 2.37. The number of nitrogens with zero attached hydrogens (tertiary/aromatic N) is 1. The maximum absolute atomic E-state index is 12.4. The first-order valence-electron chi connectivity index (χ1n) is 8.18. The second kappa shape index (κ2) is 6.07. The molecule has 1 N–H and O–H groups in total. The third-order valence-corrected chi connectivity index (χ3v) is 5.22. The lowest BCUT2D eigenvalue weighted by Gasteiger charge is -2.51. The van der Waals surface area contributed by atoms with Gasteiger partial charge in [0.25, 0.3) is 0 Å². The molecule has 1 heterocycles. The van der Waals surface area contributed by atoms with Crippen LogP contribution in [0.25, 0.3) is 0 Å². The van der Waals surface area contributed by atoms with E-state index >= 15 is 0 Å². The van der Waals surface area contributed by atoms with Gasteiger partial charge in [0.05, 0.1) is 0 Å². The summed E-state index contributed by atoms with van der Waals surface area (Å²) < 4.78 is 37.2. The molecule has 2 fully saturated rings. The highest BCUT2D eigenvalue weighted by molar-refractivity contribution is 5.03. The number of rotatable bonds is 3. The van der Waals surface area contributed by atoms with Gasteiger partial charge in [0.1, 0.15) is 0 Å². The highest BCUT2D eigenvalue weighted by atomic mass is 19.4. The van der Waals surface area contributed by atoms with E-state index < -0.39 is 12.6 Å². The van der Waals surface area contributed by atoms with Crippen molar-refractivity contribution in [2.75, 3.05) is 19.6 Å². The van der Waals surface area contributed by atoms with Crippen molar-refractivity contribution in [1.82, 2.24) is 10.2 Å². The number of halogens is 3. The summed E-state index contributed by atoms with van der Waals surface area (Å²) in [7, 11) is 0. The highest BCUT2D eigenvalue weighted by Crippen LogP contribution is 2.39. The molecule has 1 saturated carbocycles. The normalized spacial score (nSPS) is 27.4. The standard InChI is InChI=1S/C16H29F3N2/c1-14(2,3)13-11-21(10-6-9-16(17,18)19)15(12-20-13)7-4-5-8-15/h13,20H,4-12H2,1-3H3. The van der Waals surface area contributed by atoms with Crippen LogP contribution in [-0.2, 0) is 0 Å². The van der Waals surface area contributed by atoms with E-state index in [1.54, 1.807) is 0 Å². The minimum Gasteiger partial charge on any atom is -0.310 e. The molecule has 0 amide bonds. The zero-order valence-electron chi connectivity index (χ0n) is 13.5. The molecule has 1 unspecified atom stereocenters. The molecule has 0 aromatic carbocycles. The Hall–Kier alpha value is -0.290. The van der Waals surface area contributed by atoms with Crippen molar-refractivity contribution in [3.05, 3.63) is 0 Å². The Kier molecular flexibility index (Phi) is 4.94. The zero-order valence-corrected chi connectivity index (χ0v) is 13.5. The fourth-order valence-corrected chi connectivity index (χ4v) is 3.81. The molecule has 0 bridgehead atoms. The van der Waals surface area contributed by atoms with Gasteiger partial charge in [0, 0.05) is 31.1 Å². The van der Waals surface area contributed by atoms with Crippen LogP contribution >= 0.6 is 0 Å². The lowest BCUT2D eigenvalue weighted by Crippen LogP contribution is -2.66. The molecule has 5 heteroatoms. The van der Waals surface area contributed by atoms with Crippen LogP contribution in [0.1, 0.15) is 59.3 Å².